The van der Waals surface area contributed by atoms with E-state index in [1.54, 1.807) is 11.0 Å². The Morgan fingerprint density at radius 3 is 3.08 bits per heavy atom. The number of hydrogen-bond donors (Lipinski definition) is 1. The van der Waals surface area contributed by atoms with Crippen LogP contribution in [0.2, 0.25) is 0 Å². The fourth-order valence-electron chi connectivity index (χ4n) is 1.77. The smallest absolute Gasteiger partial charge is 0.214 e. The van der Waals surface area contributed by atoms with Gasteiger partial charge in [-0.3, -0.25) is 4.79 Å². The molecule has 68 valence electrons. The van der Waals surface area contributed by atoms with Gasteiger partial charge in [-0.2, -0.15) is 0 Å². The molecule has 0 saturated carbocycles. The van der Waals surface area contributed by atoms with Crippen LogP contribution >= 0.6 is 0 Å². The van der Waals surface area contributed by atoms with Crippen molar-refractivity contribution in [3.8, 4) is 5.75 Å². The molecular formula is C10H11NO2. The quantitative estimate of drug-likeness (QED) is 0.657. The van der Waals surface area contributed by atoms with E-state index >= 15 is 0 Å². The maximum atomic E-state index is 10.7. The first-order valence-electron chi connectivity index (χ1n) is 4.35. The lowest BCUT2D eigenvalue weighted by Crippen LogP contribution is -2.27. The number of fused-ring (bicyclic) bond motifs is 1. The molecule has 13 heavy (non-hydrogen) atoms. The number of benzene rings is 1. The summed E-state index contributed by atoms with van der Waals surface area (Å²) in [6.07, 6.45) is 2.68. The second kappa shape index (κ2) is 3.09. The lowest BCUT2D eigenvalue weighted by Gasteiger charge is -2.26. The van der Waals surface area contributed by atoms with Gasteiger partial charge >= 0.3 is 0 Å². The number of carbonyl (C=O) groups excluding carboxylic acids is 1. The van der Waals surface area contributed by atoms with Crippen LogP contribution in [0.3, 0.4) is 0 Å². The summed E-state index contributed by atoms with van der Waals surface area (Å²) in [6.45, 7) is 0.702. The minimum atomic E-state index is 0.198. The third-order valence-electron chi connectivity index (χ3n) is 2.36. The summed E-state index contributed by atoms with van der Waals surface area (Å²) in [4.78, 5) is 12.3. The lowest BCUT2D eigenvalue weighted by atomic mass is 10.0. The number of carbonyl (C=O) groups is 1. The molecule has 1 aromatic carbocycles. The van der Waals surface area contributed by atoms with E-state index in [4.69, 9.17) is 0 Å². The Hall–Kier alpha value is -1.51. The summed E-state index contributed by atoms with van der Waals surface area (Å²) >= 11 is 0. The van der Waals surface area contributed by atoms with Gasteiger partial charge in [0.15, 0.2) is 0 Å². The van der Waals surface area contributed by atoms with Gasteiger partial charge in [-0.1, -0.05) is 12.1 Å². The summed E-state index contributed by atoms with van der Waals surface area (Å²) in [5.74, 6) is 0.198. The van der Waals surface area contributed by atoms with Crippen molar-refractivity contribution in [3.63, 3.8) is 0 Å². The van der Waals surface area contributed by atoms with Gasteiger partial charge < -0.3 is 10.0 Å². The van der Waals surface area contributed by atoms with E-state index in [-0.39, 0.29) is 5.75 Å². The minimum Gasteiger partial charge on any atom is -0.506 e. The molecule has 1 aliphatic rings. The van der Waals surface area contributed by atoms with Crippen molar-refractivity contribution < 1.29 is 9.90 Å². The van der Waals surface area contributed by atoms with Crippen molar-refractivity contribution in [2.75, 3.05) is 11.4 Å². The normalized spacial score (nSPS) is 15.2. The fraction of sp³-hybridized carbons (Fsp3) is 0.300. The van der Waals surface area contributed by atoms with Crippen molar-refractivity contribution in [1.82, 2.24) is 0 Å². The first-order chi connectivity index (χ1) is 6.33. The van der Waals surface area contributed by atoms with E-state index in [1.165, 1.54) is 0 Å². The van der Waals surface area contributed by atoms with Crippen LogP contribution in [0.5, 0.6) is 5.75 Å². The zero-order valence-corrected chi connectivity index (χ0v) is 7.23. The number of phenols is 1. The summed E-state index contributed by atoms with van der Waals surface area (Å²) in [7, 11) is 0. The van der Waals surface area contributed by atoms with Crippen LogP contribution in [0, 0.1) is 0 Å². The molecule has 0 atom stereocenters. The van der Waals surface area contributed by atoms with Gasteiger partial charge in [-0.15, -0.1) is 0 Å². The van der Waals surface area contributed by atoms with Crippen LogP contribution in [-0.4, -0.2) is 18.1 Å². The average Bonchev–Trinajstić information content (AvgIpc) is 2.17. The number of amides is 1. The molecule has 0 bridgehead atoms. The molecule has 3 heteroatoms. The van der Waals surface area contributed by atoms with Crippen LogP contribution in [0.15, 0.2) is 18.2 Å². The van der Waals surface area contributed by atoms with E-state index in [9.17, 15) is 9.90 Å². The van der Waals surface area contributed by atoms with Crippen LogP contribution in [0.4, 0.5) is 5.69 Å². The highest BCUT2D eigenvalue weighted by molar-refractivity contribution is 5.81. The van der Waals surface area contributed by atoms with Crippen molar-refractivity contribution in [1.29, 1.82) is 0 Å². The van der Waals surface area contributed by atoms with Crippen molar-refractivity contribution in [2.24, 2.45) is 0 Å². The molecule has 1 N–H and O–H groups in total. The molecule has 0 aromatic heterocycles. The molecule has 0 unspecified atom stereocenters. The number of aryl methyl sites for hydroxylation is 1. The third-order valence-corrected chi connectivity index (χ3v) is 2.36. The van der Waals surface area contributed by atoms with Gasteiger partial charge in [0.2, 0.25) is 6.41 Å². The molecule has 1 aromatic rings. The maximum absolute atomic E-state index is 10.7. The molecule has 0 spiro atoms. The largest absolute Gasteiger partial charge is 0.506 e. The Morgan fingerprint density at radius 1 is 1.46 bits per heavy atom. The molecule has 3 nitrogen and oxygen atoms in total. The standard InChI is InChI=1S/C10H11NO2/c12-7-11-6-2-4-8-3-1-5-9(13)10(8)11/h1,3,5,7,13H,2,4,6H2. The number of hydrogen-bond acceptors (Lipinski definition) is 2. The highest BCUT2D eigenvalue weighted by Gasteiger charge is 2.18. The lowest BCUT2D eigenvalue weighted by molar-refractivity contribution is -0.107. The molecule has 1 aliphatic heterocycles. The second-order valence-corrected chi connectivity index (χ2v) is 3.19. The third kappa shape index (κ3) is 1.26. The summed E-state index contributed by atoms with van der Waals surface area (Å²) < 4.78 is 0. The predicted octanol–water partition coefficient (Wildman–Crippen LogP) is 1.30. The number of anilines is 1. The zero-order chi connectivity index (χ0) is 9.26. The monoisotopic (exact) mass is 177 g/mol. The van der Waals surface area contributed by atoms with Gasteiger partial charge in [-0.25, -0.2) is 0 Å². The van der Waals surface area contributed by atoms with E-state index in [1.807, 2.05) is 12.1 Å². The van der Waals surface area contributed by atoms with Gasteiger partial charge in [-0.05, 0) is 24.5 Å². The molecular weight excluding hydrogens is 166 g/mol. The van der Waals surface area contributed by atoms with E-state index in [0.29, 0.717) is 12.2 Å². The molecule has 0 radical (unpaired) electrons. The summed E-state index contributed by atoms with van der Waals surface area (Å²) in [5.41, 5.74) is 1.74. The Morgan fingerprint density at radius 2 is 2.31 bits per heavy atom. The molecule has 1 heterocycles. The van der Waals surface area contributed by atoms with Crippen molar-refractivity contribution in [3.05, 3.63) is 23.8 Å². The Labute approximate surface area is 76.6 Å². The Bertz CT molecular complexity index is 336. The highest BCUT2D eigenvalue weighted by atomic mass is 16.3. The van der Waals surface area contributed by atoms with Crippen LogP contribution < -0.4 is 4.90 Å². The number of nitrogens with zero attached hydrogens (tertiary/aromatic N) is 1. The summed E-state index contributed by atoms with van der Waals surface area (Å²) in [5, 5.41) is 9.56. The summed E-state index contributed by atoms with van der Waals surface area (Å²) in [6, 6.07) is 5.37. The van der Waals surface area contributed by atoms with Crippen LogP contribution in [-0.2, 0) is 11.2 Å². The number of phenolic OH excluding ortho intramolecular Hbond substituents is 1. The van der Waals surface area contributed by atoms with E-state index < -0.39 is 0 Å². The molecule has 2 rings (SSSR count). The molecule has 0 fully saturated rings. The van der Waals surface area contributed by atoms with Gasteiger partial charge in [0, 0.05) is 6.54 Å². The van der Waals surface area contributed by atoms with Gasteiger partial charge in [0.25, 0.3) is 0 Å². The number of aromatic hydroxyl groups is 1. The van der Waals surface area contributed by atoms with E-state index in [2.05, 4.69) is 0 Å². The van der Waals surface area contributed by atoms with Crippen molar-refractivity contribution in [2.45, 2.75) is 12.8 Å². The Balaban J connectivity index is 2.53. The van der Waals surface area contributed by atoms with Crippen molar-refractivity contribution >= 4 is 12.1 Å². The maximum Gasteiger partial charge on any atom is 0.214 e. The fourth-order valence-corrected chi connectivity index (χ4v) is 1.77. The SMILES string of the molecule is O=CN1CCCc2cccc(O)c21. The first-order valence-corrected chi connectivity index (χ1v) is 4.35. The average molecular weight is 177 g/mol. The van der Waals surface area contributed by atoms with Crippen LogP contribution in [0.25, 0.3) is 0 Å². The van der Waals surface area contributed by atoms with Crippen LogP contribution in [0.1, 0.15) is 12.0 Å². The zero-order valence-electron chi connectivity index (χ0n) is 7.23. The Kier molecular flexibility index (Phi) is 1.93. The molecule has 1 amide bonds. The minimum absolute atomic E-state index is 0.198. The first kappa shape index (κ1) is 8.10. The highest BCUT2D eigenvalue weighted by Crippen LogP contribution is 2.34. The predicted molar refractivity (Wildman–Crippen MR) is 49.8 cm³/mol. The second-order valence-electron chi connectivity index (χ2n) is 3.19. The van der Waals surface area contributed by atoms with Gasteiger partial charge in [0.05, 0.1) is 5.69 Å². The molecule has 0 aliphatic carbocycles. The van der Waals surface area contributed by atoms with E-state index in [0.717, 1.165) is 24.8 Å². The number of para-hydroxylation sites is 1. The number of rotatable bonds is 1. The molecule has 0 saturated heterocycles. The topological polar surface area (TPSA) is 40.5 Å². The van der Waals surface area contributed by atoms with Gasteiger partial charge in [0.1, 0.15) is 5.75 Å².